The van der Waals surface area contributed by atoms with Crippen LogP contribution in [0, 0.1) is 17.7 Å². The minimum absolute atomic E-state index is 0.235. The molecule has 1 unspecified atom stereocenters. The van der Waals surface area contributed by atoms with Crippen LogP contribution < -0.4 is 0 Å². The number of halogens is 1. The minimum Gasteiger partial charge on any atom is -0.205 e. The second kappa shape index (κ2) is 10.1. The molecule has 28 heavy (non-hydrogen) atoms. The monoisotopic (exact) mass is 395 g/mol. The molecule has 0 bridgehead atoms. The standard InChI is InChI=1S/C25H30FNS/c1-3-4-5-19-6-8-20(9-7-19)18(2)21-10-12-22(13-11-21)23-14-15-25(27-17-28)24(26)16-23/h10-16,18-20H,3-9H2,1-2H3. The first-order valence-corrected chi connectivity index (χ1v) is 11.0. The third-order valence-electron chi connectivity index (χ3n) is 6.45. The fourth-order valence-corrected chi connectivity index (χ4v) is 4.65. The van der Waals surface area contributed by atoms with Gasteiger partial charge in [0.2, 0.25) is 0 Å². The molecule has 0 aliphatic heterocycles. The maximum absolute atomic E-state index is 14.1. The van der Waals surface area contributed by atoms with E-state index in [9.17, 15) is 4.39 Å². The number of hydrogen-bond donors (Lipinski definition) is 0. The molecule has 0 amide bonds. The van der Waals surface area contributed by atoms with Crippen molar-refractivity contribution in [3.8, 4) is 11.1 Å². The number of hydrogen-bond acceptors (Lipinski definition) is 2. The molecule has 0 spiro atoms. The quantitative estimate of drug-likeness (QED) is 0.339. The molecule has 3 rings (SSSR count). The summed E-state index contributed by atoms with van der Waals surface area (Å²) in [5.74, 6) is 1.95. The van der Waals surface area contributed by atoms with Crippen molar-refractivity contribution in [2.45, 2.75) is 64.7 Å². The lowest BCUT2D eigenvalue weighted by Gasteiger charge is -2.32. The highest BCUT2D eigenvalue weighted by Crippen LogP contribution is 2.40. The van der Waals surface area contributed by atoms with Gasteiger partial charge in [-0.2, -0.15) is 4.99 Å². The molecule has 1 fully saturated rings. The predicted molar refractivity (Wildman–Crippen MR) is 120 cm³/mol. The van der Waals surface area contributed by atoms with Gasteiger partial charge in [-0.05, 0) is 71.6 Å². The molecule has 0 saturated heterocycles. The van der Waals surface area contributed by atoms with Crippen LogP contribution in [0.3, 0.4) is 0 Å². The van der Waals surface area contributed by atoms with Crippen LogP contribution in [0.2, 0.25) is 0 Å². The summed E-state index contributed by atoms with van der Waals surface area (Å²) in [6.45, 7) is 4.65. The molecule has 2 aromatic rings. The molecule has 0 aromatic heterocycles. The number of unbranched alkanes of at least 4 members (excludes halogenated alkanes) is 1. The topological polar surface area (TPSA) is 12.4 Å². The number of nitrogens with zero attached hydrogens (tertiary/aromatic N) is 1. The Bertz CT molecular complexity index is 815. The van der Waals surface area contributed by atoms with E-state index in [4.69, 9.17) is 0 Å². The van der Waals surface area contributed by atoms with Gasteiger partial charge in [-0.15, -0.1) is 0 Å². The Labute approximate surface area is 174 Å². The number of isothiocyanates is 1. The van der Waals surface area contributed by atoms with Gasteiger partial charge in [-0.3, -0.25) is 0 Å². The molecule has 1 nitrogen and oxygen atoms in total. The van der Waals surface area contributed by atoms with Crippen molar-refractivity contribution < 1.29 is 4.39 Å². The first-order valence-electron chi connectivity index (χ1n) is 10.6. The maximum Gasteiger partial charge on any atom is 0.150 e. The molecular formula is C25H30FNS. The molecule has 3 heteroatoms. The summed E-state index contributed by atoms with van der Waals surface area (Å²) in [4.78, 5) is 3.74. The molecule has 1 atom stereocenters. The summed E-state index contributed by atoms with van der Waals surface area (Å²) in [7, 11) is 0. The lowest BCUT2D eigenvalue weighted by Crippen LogP contribution is -2.19. The normalized spacial score (nSPS) is 20.4. The second-order valence-corrected chi connectivity index (χ2v) is 8.39. The Balaban J connectivity index is 1.64. The molecule has 1 saturated carbocycles. The van der Waals surface area contributed by atoms with Gasteiger partial charge in [0.25, 0.3) is 0 Å². The summed E-state index contributed by atoms with van der Waals surface area (Å²) >= 11 is 4.55. The van der Waals surface area contributed by atoms with E-state index in [1.807, 2.05) is 6.07 Å². The fourth-order valence-electron chi connectivity index (χ4n) is 4.55. The smallest absolute Gasteiger partial charge is 0.150 e. The number of benzene rings is 2. The second-order valence-electron chi connectivity index (χ2n) is 8.20. The van der Waals surface area contributed by atoms with Gasteiger partial charge in [-0.25, -0.2) is 4.39 Å². The van der Waals surface area contributed by atoms with Crippen molar-refractivity contribution in [3.05, 3.63) is 53.8 Å². The Morgan fingerprint density at radius 2 is 1.75 bits per heavy atom. The van der Waals surface area contributed by atoms with E-state index in [1.165, 1.54) is 56.6 Å². The summed E-state index contributed by atoms with van der Waals surface area (Å²) in [6, 6.07) is 13.7. The average molecular weight is 396 g/mol. The van der Waals surface area contributed by atoms with Gasteiger partial charge in [0.1, 0.15) is 11.5 Å². The summed E-state index contributed by atoms with van der Waals surface area (Å²) in [6.07, 6.45) is 9.60. The maximum atomic E-state index is 14.1. The molecule has 1 aliphatic rings. The Hall–Kier alpha value is -1.83. The van der Waals surface area contributed by atoms with Crippen molar-refractivity contribution in [2.24, 2.45) is 16.8 Å². The highest BCUT2D eigenvalue weighted by atomic mass is 32.1. The van der Waals surface area contributed by atoms with E-state index in [2.05, 4.69) is 60.5 Å². The molecule has 148 valence electrons. The van der Waals surface area contributed by atoms with E-state index in [1.54, 1.807) is 6.07 Å². The van der Waals surface area contributed by atoms with Gasteiger partial charge >= 0.3 is 0 Å². The van der Waals surface area contributed by atoms with Gasteiger partial charge in [0, 0.05) is 0 Å². The summed E-state index contributed by atoms with van der Waals surface area (Å²) in [5.41, 5.74) is 3.51. The number of aliphatic imine (C=N–C) groups is 1. The zero-order valence-electron chi connectivity index (χ0n) is 17.0. The largest absolute Gasteiger partial charge is 0.205 e. The van der Waals surface area contributed by atoms with Crippen LogP contribution in [0.5, 0.6) is 0 Å². The first-order chi connectivity index (χ1) is 13.6. The zero-order valence-corrected chi connectivity index (χ0v) is 17.8. The van der Waals surface area contributed by atoms with Crippen molar-refractivity contribution in [1.82, 2.24) is 0 Å². The van der Waals surface area contributed by atoms with Crippen LogP contribution in [0.4, 0.5) is 10.1 Å². The lowest BCUT2D eigenvalue weighted by molar-refractivity contribution is 0.237. The SMILES string of the molecule is CCCCC1CCC(C(C)c2ccc(-c3ccc(N=C=S)c(F)c3)cc2)CC1. The van der Waals surface area contributed by atoms with Crippen LogP contribution in [-0.2, 0) is 0 Å². The number of rotatable bonds is 7. The average Bonchev–Trinajstić information content (AvgIpc) is 2.74. The van der Waals surface area contributed by atoms with Gasteiger partial charge in [0.05, 0.1) is 5.16 Å². The van der Waals surface area contributed by atoms with Gasteiger partial charge < -0.3 is 0 Å². The number of thiocarbonyl (C=S) groups is 1. The van der Waals surface area contributed by atoms with Crippen LogP contribution in [0.15, 0.2) is 47.5 Å². The highest BCUT2D eigenvalue weighted by molar-refractivity contribution is 7.78. The molecule has 0 N–H and O–H groups in total. The Morgan fingerprint density at radius 3 is 2.36 bits per heavy atom. The molecule has 2 aromatic carbocycles. The Morgan fingerprint density at radius 1 is 1.07 bits per heavy atom. The van der Waals surface area contributed by atoms with Gasteiger partial charge in [0.15, 0.2) is 0 Å². The minimum atomic E-state index is -0.368. The van der Waals surface area contributed by atoms with Crippen molar-refractivity contribution in [3.63, 3.8) is 0 Å². The molecule has 1 aliphatic carbocycles. The third-order valence-corrected chi connectivity index (χ3v) is 6.54. The molecule has 0 radical (unpaired) electrons. The van der Waals surface area contributed by atoms with Crippen LogP contribution >= 0.6 is 12.2 Å². The van der Waals surface area contributed by atoms with Crippen molar-refractivity contribution in [1.29, 1.82) is 0 Å². The zero-order chi connectivity index (χ0) is 19.9. The Kier molecular flexibility index (Phi) is 7.53. The third kappa shape index (κ3) is 5.16. The highest BCUT2D eigenvalue weighted by Gasteiger charge is 2.25. The summed E-state index contributed by atoms with van der Waals surface area (Å²) < 4.78 is 14.1. The van der Waals surface area contributed by atoms with E-state index in [0.29, 0.717) is 5.92 Å². The van der Waals surface area contributed by atoms with Crippen LogP contribution in [0.25, 0.3) is 11.1 Å². The van der Waals surface area contributed by atoms with E-state index < -0.39 is 0 Å². The van der Waals surface area contributed by atoms with E-state index in [0.717, 1.165) is 23.0 Å². The van der Waals surface area contributed by atoms with Gasteiger partial charge in [-0.1, -0.05) is 76.3 Å². The van der Waals surface area contributed by atoms with Crippen molar-refractivity contribution in [2.75, 3.05) is 0 Å². The van der Waals surface area contributed by atoms with E-state index >= 15 is 0 Å². The molecule has 0 heterocycles. The van der Waals surface area contributed by atoms with Crippen LogP contribution in [-0.4, -0.2) is 5.16 Å². The summed E-state index contributed by atoms with van der Waals surface area (Å²) in [5, 5.41) is 2.22. The lowest BCUT2D eigenvalue weighted by atomic mass is 9.73. The van der Waals surface area contributed by atoms with Crippen molar-refractivity contribution >= 4 is 23.1 Å². The molecular weight excluding hydrogens is 365 g/mol. The fraction of sp³-hybridized carbons (Fsp3) is 0.480. The predicted octanol–water partition coefficient (Wildman–Crippen LogP) is 8.33. The van der Waals surface area contributed by atoms with E-state index in [-0.39, 0.29) is 11.5 Å². The first kappa shape index (κ1) is 20.9. The van der Waals surface area contributed by atoms with Crippen LogP contribution in [0.1, 0.15) is 70.3 Å².